The Morgan fingerprint density at radius 3 is 2.38 bits per heavy atom. The van der Waals surface area contributed by atoms with Crippen LogP contribution in [0.25, 0.3) is 0 Å². The van der Waals surface area contributed by atoms with Crippen molar-refractivity contribution in [1.29, 1.82) is 0 Å². The first-order valence-electron chi connectivity index (χ1n) is 10.5. The van der Waals surface area contributed by atoms with Gasteiger partial charge >= 0.3 is 0 Å². The minimum Gasteiger partial charge on any atom is -0.468 e. The minimum atomic E-state index is -3.45. The number of carbonyl (C=O) groups is 1. The molecule has 2 aromatic carbocycles. The maximum Gasteiger partial charge on any atom is 0.251 e. The fourth-order valence-corrected chi connectivity index (χ4v) is 4.77. The summed E-state index contributed by atoms with van der Waals surface area (Å²) in [6, 6.07) is 17.6. The van der Waals surface area contributed by atoms with Crippen molar-refractivity contribution in [2.45, 2.75) is 36.9 Å². The Labute approximate surface area is 193 Å². The highest BCUT2D eigenvalue weighted by Crippen LogP contribution is 2.20. The van der Waals surface area contributed by atoms with Gasteiger partial charge in [-0.2, -0.15) is 0 Å². The molecule has 0 unspecified atom stereocenters. The molecule has 1 fully saturated rings. The number of nitrogens with zero attached hydrogens (tertiary/aromatic N) is 1. The van der Waals surface area contributed by atoms with Gasteiger partial charge in [0, 0.05) is 29.7 Å². The maximum absolute atomic E-state index is 12.8. The van der Waals surface area contributed by atoms with E-state index in [1.165, 1.54) is 12.1 Å². The third kappa shape index (κ3) is 6.22. The highest BCUT2D eigenvalue weighted by Gasteiger charge is 2.24. The van der Waals surface area contributed by atoms with Gasteiger partial charge in [0.25, 0.3) is 5.91 Å². The molecule has 6 nitrogen and oxygen atoms in total. The molecule has 0 saturated heterocycles. The number of amides is 1. The number of hydrogen-bond acceptors (Lipinski definition) is 5. The van der Waals surface area contributed by atoms with E-state index >= 15 is 0 Å². The molecule has 1 heterocycles. The van der Waals surface area contributed by atoms with Crippen LogP contribution in [-0.2, 0) is 22.9 Å². The van der Waals surface area contributed by atoms with E-state index in [0.717, 1.165) is 24.2 Å². The van der Waals surface area contributed by atoms with Crippen molar-refractivity contribution in [2.75, 3.05) is 12.3 Å². The third-order valence-electron chi connectivity index (χ3n) is 5.34. The molecule has 4 rings (SSSR count). The molecule has 3 aromatic rings. The second-order valence-electron chi connectivity index (χ2n) is 8.01. The lowest BCUT2D eigenvalue weighted by Gasteiger charge is -2.21. The van der Waals surface area contributed by atoms with E-state index in [2.05, 4.69) is 5.32 Å². The summed E-state index contributed by atoms with van der Waals surface area (Å²) in [7, 11) is -3.45. The fraction of sp³-hybridized carbons (Fsp3) is 0.292. The molecule has 1 aromatic heterocycles. The van der Waals surface area contributed by atoms with Gasteiger partial charge in [-0.3, -0.25) is 9.69 Å². The van der Waals surface area contributed by atoms with E-state index in [1.807, 2.05) is 41.3 Å². The van der Waals surface area contributed by atoms with Crippen LogP contribution in [0.2, 0.25) is 5.02 Å². The minimum absolute atomic E-state index is 0.0305. The molecule has 0 radical (unpaired) electrons. The summed E-state index contributed by atoms with van der Waals surface area (Å²) in [4.78, 5) is 14.5. The van der Waals surface area contributed by atoms with E-state index in [4.69, 9.17) is 16.0 Å². The Morgan fingerprint density at radius 2 is 1.75 bits per heavy atom. The molecular weight excluding hydrogens is 448 g/mol. The Morgan fingerprint density at radius 1 is 1.03 bits per heavy atom. The monoisotopic (exact) mass is 472 g/mol. The highest BCUT2D eigenvalue weighted by atomic mass is 35.5. The Kier molecular flexibility index (Phi) is 6.98. The van der Waals surface area contributed by atoms with E-state index in [0.29, 0.717) is 36.3 Å². The zero-order chi connectivity index (χ0) is 22.6. The van der Waals surface area contributed by atoms with Gasteiger partial charge < -0.3 is 9.73 Å². The Hall–Kier alpha value is -2.61. The summed E-state index contributed by atoms with van der Waals surface area (Å²) in [5.41, 5.74) is 1.62. The van der Waals surface area contributed by atoms with Crippen LogP contribution in [0.5, 0.6) is 0 Å². The molecule has 1 aliphatic carbocycles. The largest absolute Gasteiger partial charge is 0.468 e. The number of rotatable bonds is 10. The molecule has 0 spiro atoms. The van der Waals surface area contributed by atoms with Crippen molar-refractivity contribution < 1.29 is 17.6 Å². The number of carbonyl (C=O) groups excluding carboxylic acids is 1. The second-order valence-corrected chi connectivity index (χ2v) is 10.6. The molecule has 1 aliphatic rings. The summed E-state index contributed by atoms with van der Waals surface area (Å²) in [6.45, 7) is 1.34. The normalized spacial score (nSPS) is 13.9. The molecule has 1 amide bonds. The Balaban J connectivity index is 1.43. The third-order valence-corrected chi connectivity index (χ3v) is 7.31. The summed E-state index contributed by atoms with van der Waals surface area (Å²) < 4.78 is 31.0. The lowest BCUT2D eigenvalue weighted by molar-refractivity contribution is 0.0951. The van der Waals surface area contributed by atoms with Crippen molar-refractivity contribution in [3.8, 4) is 0 Å². The van der Waals surface area contributed by atoms with Gasteiger partial charge in [0.2, 0.25) is 0 Å². The average Bonchev–Trinajstić information content (AvgIpc) is 3.44. The number of hydrogen-bond donors (Lipinski definition) is 1. The van der Waals surface area contributed by atoms with Gasteiger partial charge in [-0.1, -0.05) is 23.7 Å². The number of furan rings is 1. The van der Waals surface area contributed by atoms with Gasteiger partial charge in [0.1, 0.15) is 5.76 Å². The van der Waals surface area contributed by atoms with Crippen molar-refractivity contribution >= 4 is 27.3 Å². The second kappa shape index (κ2) is 9.90. The molecule has 0 aliphatic heterocycles. The Bertz CT molecular complexity index is 1140. The van der Waals surface area contributed by atoms with Gasteiger partial charge in [-0.25, -0.2) is 8.42 Å². The molecule has 1 N–H and O–H groups in total. The van der Waals surface area contributed by atoms with Crippen LogP contribution in [0.15, 0.2) is 76.2 Å². The number of sulfone groups is 1. The number of halogens is 1. The van der Waals surface area contributed by atoms with Gasteiger partial charge in [0.05, 0.1) is 23.5 Å². The van der Waals surface area contributed by atoms with Crippen molar-refractivity contribution in [1.82, 2.24) is 10.2 Å². The SMILES string of the molecule is O=C(NC1CC1)c1ccc(CN(CCS(=O)(=O)c2ccc(Cl)cc2)Cc2ccco2)cc1. The molecule has 0 atom stereocenters. The predicted octanol–water partition coefficient (Wildman–Crippen LogP) is 4.30. The van der Waals surface area contributed by atoms with Crippen LogP contribution < -0.4 is 5.32 Å². The topological polar surface area (TPSA) is 79.6 Å². The van der Waals surface area contributed by atoms with Crippen LogP contribution in [0.4, 0.5) is 0 Å². The van der Waals surface area contributed by atoms with E-state index in [9.17, 15) is 13.2 Å². The average molecular weight is 473 g/mol. The lowest BCUT2D eigenvalue weighted by Crippen LogP contribution is -2.29. The van der Waals surface area contributed by atoms with Crippen molar-refractivity contribution in [3.63, 3.8) is 0 Å². The van der Waals surface area contributed by atoms with Gasteiger partial charge in [-0.05, 0) is 66.9 Å². The summed E-state index contributed by atoms with van der Waals surface area (Å²) in [5, 5.41) is 3.48. The van der Waals surface area contributed by atoms with E-state index in [-0.39, 0.29) is 16.6 Å². The standard InChI is InChI=1S/C24H25ClN2O4S/c25-20-7-11-23(12-8-20)32(29,30)15-13-27(17-22-2-1-14-31-22)16-18-3-5-19(6-4-18)24(28)26-21-9-10-21/h1-8,11-12,14,21H,9-10,13,15-17H2,(H,26,28). The van der Waals surface area contributed by atoms with Crippen LogP contribution in [0, 0.1) is 0 Å². The molecule has 168 valence electrons. The maximum atomic E-state index is 12.8. The summed E-state index contributed by atoms with van der Waals surface area (Å²) in [6.07, 6.45) is 3.69. The molecule has 8 heteroatoms. The van der Waals surface area contributed by atoms with Gasteiger partial charge in [0.15, 0.2) is 9.84 Å². The summed E-state index contributed by atoms with van der Waals surface area (Å²) in [5.74, 6) is 0.673. The van der Waals surface area contributed by atoms with Crippen LogP contribution >= 0.6 is 11.6 Å². The zero-order valence-corrected chi connectivity index (χ0v) is 19.1. The summed E-state index contributed by atoms with van der Waals surface area (Å²) >= 11 is 5.88. The first-order chi connectivity index (χ1) is 15.4. The van der Waals surface area contributed by atoms with Crippen LogP contribution in [0.1, 0.15) is 34.5 Å². The number of nitrogens with one attached hydrogen (secondary N) is 1. The van der Waals surface area contributed by atoms with Crippen molar-refractivity contribution in [3.05, 3.63) is 88.8 Å². The predicted molar refractivity (Wildman–Crippen MR) is 123 cm³/mol. The molecule has 1 saturated carbocycles. The first-order valence-corrected chi connectivity index (χ1v) is 12.5. The quantitative estimate of drug-likeness (QED) is 0.476. The van der Waals surface area contributed by atoms with Crippen molar-refractivity contribution in [2.24, 2.45) is 0 Å². The fourth-order valence-electron chi connectivity index (χ4n) is 3.36. The van der Waals surface area contributed by atoms with Crippen LogP contribution in [-0.4, -0.2) is 37.6 Å². The van der Waals surface area contributed by atoms with Gasteiger partial charge in [-0.15, -0.1) is 0 Å². The van der Waals surface area contributed by atoms with E-state index in [1.54, 1.807) is 18.4 Å². The highest BCUT2D eigenvalue weighted by molar-refractivity contribution is 7.91. The molecular formula is C24H25ClN2O4S. The lowest BCUT2D eigenvalue weighted by atomic mass is 10.1. The van der Waals surface area contributed by atoms with E-state index < -0.39 is 9.84 Å². The van der Waals surface area contributed by atoms with Crippen LogP contribution in [0.3, 0.4) is 0 Å². The molecule has 32 heavy (non-hydrogen) atoms. The zero-order valence-electron chi connectivity index (χ0n) is 17.5. The molecule has 0 bridgehead atoms. The number of benzene rings is 2. The first kappa shape index (κ1) is 22.6. The smallest absolute Gasteiger partial charge is 0.251 e.